The monoisotopic (exact) mass is 356 g/mol. The maximum Gasteiger partial charge on any atom is 0.189 e. The molecule has 2 aromatic rings. The minimum absolute atomic E-state index is 0.0861. The van der Waals surface area contributed by atoms with Crippen LogP contribution in [0.25, 0.3) is 6.08 Å². The van der Waals surface area contributed by atoms with Crippen molar-refractivity contribution in [2.24, 2.45) is 5.41 Å². The quantitative estimate of drug-likeness (QED) is 0.606. The van der Waals surface area contributed by atoms with E-state index in [4.69, 9.17) is 4.74 Å². The molecule has 0 fully saturated rings. The van der Waals surface area contributed by atoms with E-state index in [2.05, 4.69) is 20.8 Å². The number of aryl methyl sites for hydroxylation is 1. The van der Waals surface area contributed by atoms with E-state index >= 15 is 0 Å². The second kappa shape index (κ2) is 6.68. The van der Waals surface area contributed by atoms with E-state index in [1.807, 2.05) is 6.08 Å². The number of rotatable bonds is 4. The number of phenolic OH excluding ortho intramolecular Hbond substituents is 1. The fourth-order valence-electron chi connectivity index (χ4n) is 3.44. The van der Waals surface area contributed by atoms with Crippen LogP contribution in [-0.4, -0.2) is 18.0 Å². The van der Waals surface area contributed by atoms with Crippen molar-refractivity contribution in [3.63, 3.8) is 0 Å². The van der Waals surface area contributed by atoms with Crippen LogP contribution in [0.3, 0.4) is 0 Å². The number of phenols is 1. The van der Waals surface area contributed by atoms with Crippen molar-refractivity contribution in [2.75, 3.05) is 7.11 Å². The van der Waals surface area contributed by atoms with Crippen LogP contribution in [0.5, 0.6) is 11.5 Å². The molecule has 0 atom stereocenters. The largest absolute Gasteiger partial charge is 0.508 e. The van der Waals surface area contributed by atoms with Crippen LogP contribution in [-0.2, 0) is 12.8 Å². The molecular weight excluding hydrogens is 332 g/mol. The van der Waals surface area contributed by atoms with E-state index in [1.165, 1.54) is 46.5 Å². The van der Waals surface area contributed by atoms with Gasteiger partial charge in [0, 0.05) is 15.8 Å². The zero-order valence-electron chi connectivity index (χ0n) is 15.2. The highest BCUT2D eigenvalue weighted by molar-refractivity contribution is 7.13. The first kappa shape index (κ1) is 17.7. The van der Waals surface area contributed by atoms with Crippen LogP contribution >= 0.6 is 11.3 Å². The lowest BCUT2D eigenvalue weighted by molar-refractivity contribution is 0.104. The second-order valence-electron chi connectivity index (χ2n) is 7.40. The zero-order valence-corrected chi connectivity index (χ0v) is 16.0. The lowest BCUT2D eigenvalue weighted by Gasteiger charge is -2.30. The lowest BCUT2D eigenvalue weighted by Crippen LogP contribution is -2.21. The number of methoxy groups -OCH3 is 1. The highest BCUT2D eigenvalue weighted by Crippen LogP contribution is 2.41. The van der Waals surface area contributed by atoms with E-state index in [-0.39, 0.29) is 11.5 Å². The molecule has 1 heterocycles. The Morgan fingerprint density at radius 3 is 2.80 bits per heavy atom. The number of aromatic hydroxyl groups is 1. The molecule has 4 heteroatoms. The topological polar surface area (TPSA) is 46.5 Å². The first-order chi connectivity index (χ1) is 11.8. The standard InChI is InChI=1S/C21H24O3S/c1-13-17-12-21(2,3)10-9-15(17)20(25-13)8-7-18(23)16-6-5-14(22)11-19(16)24-4/h5-8,11,22H,9-10,12H2,1-4H3. The number of ketones is 1. The van der Waals surface area contributed by atoms with Crippen LogP contribution in [0.2, 0.25) is 0 Å². The average molecular weight is 356 g/mol. The van der Waals surface area contributed by atoms with Crippen molar-refractivity contribution in [3.8, 4) is 11.5 Å². The molecular formula is C21H24O3S. The van der Waals surface area contributed by atoms with Gasteiger partial charge in [-0.05, 0) is 67.0 Å². The Labute approximate surface area is 153 Å². The molecule has 0 saturated carbocycles. The number of thiophene rings is 1. The molecule has 3 rings (SSSR count). The van der Waals surface area contributed by atoms with Gasteiger partial charge in [0.05, 0.1) is 12.7 Å². The molecule has 1 N–H and O–H groups in total. The molecule has 0 bridgehead atoms. The van der Waals surface area contributed by atoms with E-state index in [0.29, 0.717) is 16.7 Å². The number of hydrogen-bond acceptors (Lipinski definition) is 4. The van der Waals surface area contributed by atoms with Crippen LogP contribution in [0.4, 0.5) is 0 Å². The van der Waals surface area contributed by atoms with Gasteiger partial charge in [0.2, 0.25) is 0 Å². The van der Waals surface area contributed by atoms with Crippen LogP contribution in [0, 0.1) is 12.3 Å². The van der Waals surface area contributed by atoms with Crippen molar-refractivity contribution in [2.45, 2.75) is 40.0 Å². The molecule has 0 spiro atoms. The highest BCUT2D eigenvalue weighted by Gasteiger charge is 2.29. The van der Waals surface area contributed by atoms with Gasteiger partial charge in [0.25, 0.3) is 0 Å². The van der Waals surface area contributed by atoms with E-state index in [1.54, 1.807) is 23.5 Å². The molecule has 0 saturated heterocycles. The van der Waals surface area contributed by atoms with Gasteiger partial charge in [-0.15, -0.1) is 11.3 Å². The Balaban J connectivity index is 1.87. The Kier molecular flexibility index (Phi) is 4.74. The molecule has 1 aromatic heterocycles. The third-order valence-electron chi connectivity index (χ3n) is 4.89. The second-order valence-corrected chi connectivity index (χ2v) is 8.66. The van der Waals surface area contributed by atoms with Gasteiger partial charge in [0.15, 0.2) is 5.78 Å². The van der Waals surface area contributed by atoms with Gasteiger partial charge >= 0.3 is 0 Å². The Morgan fingerprint density at radius 2 is 2.08 bits per heavy atom. The van der Waals surface area contributed by atoms with E-state index in [9.17, 15) is 9.90 Å². The Hall–Kier alpha value is -2.07. The number of carbonyl (C=O) groups is 1. The summed E-state index contributed by atoms with van der Waals surface area (Å²) in [5.41, 5.74) is 3.69. The molecule has 1 aromatic carbocycles. The summed E-state index contributed by atoms with van der Waals surface area (Å²) in [5.74, 6) is 0.358. The third kappa shape index (κ3) is 3.64. The number of hydrogen-bond donors (Lipinski definition) is 1. The van der Waals surface area contributed by atoms with Crippen LogP contribution in [0.15, 0.2) is 24.3 Å². The summed E-state index contributed by atoms with van der Waals surface area (Å²) in [7, 11) is 1.50. The zero-order chi connectivity index (χ0) is 18.2. The summed E-state index contributed by atoms with van der Waals surface area (Å²) in [6, 6.07) is 4.56. The van der Waals surface area contributed by atoms with Crippen LogP contribution < -0.4 is 4.74 Å². The highest BCUT2D eigenvalue weighted by atomic mass is 32.1. The molecule has 25 heavy (non-hydrogen) atoms. The molecule has 3 nitrogen and oxygen atoms in total. The fraction of sp³-hybridized carbons (Fsp3) is 0.381. The average Bonchev–Trinajstić information content (AvgIpc) is 2.86. The maximum absolute atomic E-state index is 12.5. The van der Waals surface area contributed by atoms with Gasteiger partial charge in [-0.1, -0.05) is 13.8 Å². The molecule has 0 aliphatic heterocycles. The number of allylic oxidation sites excluding steroid dienone is 1. The number of benzene rings is 1. The van der Waals surface area contributed by atoms with Crippen molar-refractivity contribution in [1.82, 2.24) is 0 Å². The smallest absolute Gasteiger partial charge is 0.189 e. The maximum atomic E-state index is 12.5. The molecule has 0 radical (unpaired) electrons. The molecule has 132 valence electrons. The van der Waals surface area contributed by atoms with Gasteiger partial charge < -0.3 is 9.84 Å². The molecule has 1 aliphatic carbocycles. The predicted octanol–water partition coefficient (Wildman–Crippen LogP) is 5.18. The molecule has 1 aliphatic rings. The fourth-order valence-corrected chi connectivity index (χ4v) is 4.58. The van der Waals surface area contributed by atoms with Crippen molar-refractivity contribution >= 4 is 23.2 Å². The first-order valence-electron chi connectivity index (χ1n) is 8.51. The van der Waals surface area contributed by atoms with Gasteiger partial charge in [-0.2, -0.15) is 0 Å². The molecule has 0 amide bonds. The van der Waals surface area contributed by atoms with Gasteiger partial charge in [-0.25, -0.2) is 0 Å². The van der Waals surface area contributed by atoms with E-state index in [0.717, 1.165) is 12.8 Å². The minimum Gasteiger partial charge on any atom is -0.508 e. The summed E-state index contributed by atoms with van der Waals surface area (Å²) in [6.45, 7) is 6.82. The van der Waals surface area contributed by atoms with Crippen molar-refractivity contribution in [3.05, 3.63) is 50.7 Å². The molecule has 0 unspecified atom stereocenters. The van der Waals surface area contributed by atoms with Crippen molar-refractivity contribution < 1.29 is 14.6 Å². The van der Waals surface area contributed by atoms with Crippen LogP contribution in [0.1, 0.15) is 51.5 Å². The van der Waals surface area contributed by atoms with Crippen molar-refractivity contribution in [1.29, 1.82) is 0 Å². The summed E-state index contributed by atoms with van der Waals surface area (Å²) >= 11 is 1.77. The van der Waals surface area contributed by atoms with Gasteiger partial charge in [0.1, 0.15) is 11.5 Å². The Bertz CT molecular complexity index is 843. The first-order valence-corrected chi connectivity index (χ1v) is 9.33. The predicted molar refractivity (Wildman–Crippen MR) is 103 cm³/mol. The minimum atomic E-state index is -0.118. The van der Waals surface area contributed by atoms with Gasteiger partial charge in [-0.3, -0.25) is 4.79 Å². The number of ether oxygens (including phenoxy) is 1. The lowest BCUT2D eigenvalue weighted by atomic mass is 9.74. The number of fused-ring (bicyclic) bond motifs is 1. The normalized spacial score (nSPS) is 16.0. The summed E-state index contributed by atoms with van der Waals surface area (Å²) in [6.07, 6.45) is 6.90. The summed E-state index contributed by atoms with van der Waals surface area (Å²) in [5, 5.41) is 9.53. The Morgan fingerprint density at radius 1 is 1.32 bits per heavy atom. The third-order valence-corrected chi connectivity index (χ3v) is 6.05. The SMILES string of the molecule is COc1cc(O)ccc1C(=O)C=Cc1sc(C)c2c1CCC(C)(C)C2. The summed E-state index contributed by atoms with van der Waals surface area (Å²) < 4.78 is 5.20. The van der Waals surface area contributed by atoms with E-state index < -0.39 is 0 Å². The number of carbonyl (C=O) groups excluding carboxylic acids is 1. The summed E-state index contributed by atoms with van der Waals surface area (Å²) in [4.78, 5) is 15.1.